The zero-order chi connectivity index (χ0) is 14.4. The van der Waals surface area contributed by atoms with Gasteiger partial charge < -0.3 is 15.8 Å². The molecule has 0 fully saturated rings. The molecule has 0 bridgehead atoms. The molecule has 2 atom stereocenters. The molecule has 106 valence electrons. The van der Waals surface area contributed by atoms with E-state index in [4.69, 9.17) is 10.5 Å². The molecule has 0 aliphatic rings. The summed E-state index contributed by atoms with van der Waals surface area (Å²) in [5.74, 6) is 0.673. The van der Waals surface area contributed by atoms with Gasteiger partial charge in [-0.1, -0.05) is 26.3 Å². The molecule has 0 spiro atoms. The quantitative estimate of drug-likeness (QED) is 0.830. The van der Waals surface area contributed by atoms with Crippen LogP contribution in [0.15, 0.2) is 18.2 Å². The maximum Gasteiger partial charge on any atom is 0.241 e. The van der Waals surface area contributed by atoms with Crippen molar-refractivity contribution in [1.82, 2.24) is 0 Å². The highest BCUT2D eigenvalue weighted by Crippen LogP contribution is 2.26. The van der Waals surface area contributed by atoms with Crippen LogP contribution < -0.4 is 15.8 Å². The molecule has 1 aromatic carbocycles. The summed E-state index contributed by atoms with van der Waals surface area (Å²) in [5, 5.41) is 2.85. The van der Waals surface area contributed by atoms with Crippen molar-refractivity contribution >= 4 is 11.6 Å². The second kappa shape index (κ2) is 7.14. The fraction of sp³-hybridized carbons (Fsp3) is 0.533. The number of hydrogen-bond donors (Lipinski definition) is 2. The van der Waals surface area contributed by atoms with Gasteiger partial charge in [-0.15, -0.1) is 0 Å². The van der Waals surface area contributed by atoms with Crippen molar-refractivity contribution in [2.75, 3.05) is 11.9 Å². The highest BCUT2D eigenvalue weighted by molar-refractivity contribution is 5.96. The molecule has 0 radical (unpaired) electrons. The van der Waals surface area contributed by atoms with Crippen molar-refractivity contribution < 1.29 is 9.53 Å². The van der Waals surface area contributed by atoms with Crippen LogP contribution in [0.3, 0.4) is 0 Å². The highest BCUT2D eigenvalue weighted by atomic mass is 16.5. The summed E-state index contributed by atoms with van der Waals surface area (Å²) < 4.78 is 5.53. The van der Waals surface area contributed by atoms with Gasteiger partial charge in [0.1, 0.15) is 5.75 Å². The van der Waals surface area contributed by atoms with E-state index in [9.17, 15) is 4.79 Å². The molecule has 1 amide bonds. The third kappa shape index (κ3) is 4.24. The number of benzene rings is 1. The SMILES string of the molecule is CCOc1cc(C)ccc1NC(=O)[C@@H](N)[C@@H](C)CC. The first-order chi connectivity index (χ1) is 8.99. The smallest absolute Gasteiger partial charge is 0.241 e. The number of carbonyl (C=O) groups is 1. The number of aryl methyl sites for hydroxylation is 1. The number of ether oxygens (including phenoxy) is 1. The summed E-state index contributed by atoms with van der Waals surface area (Å²) in [6.07, 6.45) is 0.876. The van der Waals surface area contributed by atoms with Gasteiger partial charge in [-0.05, 0) is 37.5 Å². The number of carbonyl (C=O) groups excluding carboxylic acids is 1. The van der Waals surface area contributed by atoms with Crippen molar-refractivity contribution in [1.29, 1.82) is 0 Å². The Kier molecular flexibility index (Phi) is 5.83. The summed E-state index contributed by atoms with van der Waals surface area (Å²) in [5.41, 5.74) is 7.69. The zero-order valence-electron chi connectivity index (χ0n) is 12.2. The second-order valence-electron chi connectivity index (χ2n) is 4.83. The van der Waals surface area contributed by atoms with Crippen LogP contribution in [0.1, 0.15) is 32.8 Å². The van der Waals surface area contributed by atoms with E-state index in [-0.39, 0.29) is 11.8 Å². The first-order valence-electron chi connectivity index (χ1n) is 6.79. The molecule has 19 heavy (non-hydrogen) atoms. The van der Waals surface area contributed by atoms with E-state index in [1.165, 1.54) is 0 Å². The molecule has 1 rings (SSSR count). The van der Waals surface area contributed by atoms with Gasteiger partial charge in [-0.3, -0.25) is 4.79 Å². The number of rotatable bonds is 6. The predicted octanol–water partition coefficient (Wildman–Crippen LogP) is 2.71. The zero-order valence-corrected chi connectivity index (χ0v) is 12.2. The lowest BCUT2D eigenvalue weighted by molar-refractivity contribution is -0.118. The molecular weight excluding hydrogens is 240 g/mol. The summed E-state index contributed by atoms with van der Waals surface area (Å²) >= 11 is 0. The van der Waals surface area contributed by atoms with Gasteiger partial charge in [0.15, 0.2) is 0 Å². The fourth-order valence-corrected chi connectivity index (χ4v) is 1.74. The van der Waals surface area contributed by atoms with Crippen LogP contribution >= 0.6 is 0 Å². The molecule has 4 heteroatoms. The molecule has 0 heterocycles. The summed E-state index contributed by atoms with van der Waals surface area (Å²) in [6.45, 7) is 8.46. The van der Waals surface area contributed by atoms with E-state index in [0.29, 0.717) is 18.0 Å². The van der Waals surface area contributed by atoms with Gasteiger partial charge in [0.25, 0.3) is 0 Å². The minimum atomic E-state index is -0.499. The van der Waals surface area contributed by atoms with Crippen LogP contribution in [0, 0.1) is 12.8 Å². The van der Waals surface area contributed by atoms with Crippen LogP contribution in [0.25, 0.3) is 0 Å². The first-order valence-corrected chi connectivity index (χ1v) is 6.79. The van der Waals surface area contributed by atoms with Crippen molar-refractivity contribution in [3.05, 3.63) is 23.8 Å². The van der Waals surface area contributed by atoms with Crippen LogP contribution in [0.5, 0.6) is 5.75 Å². The van der Waals surface area contributed by atoms with Crippen LogP contribution in [0.2, 0.25) is 0 Å². The van der Waals surface area contributed by atoms with Crippen LogP contribution in [0.4, 0.5) is 5.69 Å². The van der Waals surface area contributed by atoms with E-state index in [0.717, 1.165) is 12.0 Å². The number of nitrogens with two attached hydrogens (primary N) is 1. The highest BCUT2D eigenvalue weighted by Gasteiger charge is 2.20. The molecule has 0 unspecified atom stereocenters. The van der Waals surface area contributed by atoms with Crippen molar-refractivity contribution in [2.45, 2.75) is 40.2 Å². The largest absolute Gasteiger partial charge is 0.492 e. The maximum atomic E-state index is 12.1. The van der Waals surface area contributed by atoms with Gasteiger partial charge in [0.05, 0.1) is 18.3 Å². The topological polar surface area (TPSA) is 64.3 Å². The minimum Gasteiger partial charge on any atom is -0.492 e. The Labute approximate surface area is 115 Å². The monoisotopic (exact) mass is 264 g/mol. The van der Waals surface area contributed by atoms with Gasteiger partial charge >= 0.3 is 0 Å². The van der Waals surface area contributed by atoms with Crippen molar-refractivity contribution in [3.8, 4) is 5.75 Å². The Morgan fingerprint density at radius 3 is 2.68 bits per heavy atom. The molecule has 0 saturated heterocycles. The number of amides is 1. The lowest BCUT2D eigenvalue weighted by Gasteiger charge is -2.19. The Bertz CT molecular complexity index is 432. The standard InChI is InChI=1S/C15H24N2O2/c1-5-11(4)14(16)15(18)17-12-8-7-10(3)9-13(12)19-6-2/h7-9,11,14H,5-6,16H2,1-4H3,(H,17,18)/t11-,14-/m0/s1. The average Bonchev–Trinajstić information content (AvgIpc) is 2.40. The second-order valence-corrected chi connectivity index (χ2v) is 4.83. The third-order valence-corrected chi connectivity index (χ3v) is 3.25. The Balaban J connectivity index is 2.84. The van der Waals surface area contributed by atoms with E-state index in [1.807, 2.05) is 45.9 Å². The third-order valence-electron chi connectivity index (χ3n) is 3.25. The molecule has 0 aromatic heterocycles. The summed E-state index contributed by atoms with van der Waals surface area (Å²) in [6, 6.07) is 5.20. The maximum absolute atomic E-state index is 12.1. The summed E-state index contributed by atoms with van der Waals surface area (Å²) in [7, 11) is 0. The van der Waals surface area contributed by atoms with E-state index >= 15 is 0 Å². The molecule has 4 nitrogen and oxygen atoms in total. The lowest BCUT2D eigenvalue weighted by Crippen LogP contribution is -2.40. The van der Waals surface area contributed by atoms with E-state index in [1.54, 1.807) is 0 Å². The first kappa shape index (κ1) is 15.5. The number of anilines is 1. The Morgan fingerprint density at radius 2 is 2.11 bits per heavy atom. The molecular formula is C15H24N2O2. The molecule has 0 saturated carbocycles. The Morgan fingerprint density at radius 1 is 1.42 bits per heavy atom. The number of hydrogen-bond acceptors (Lipinski definition) is 3. The molecule has 1 aromatic rings. The predicted molar refractivity (Wildman–Crippen MR) is 78.4 cm³/mol. The van der Waals surface area contributed by atoms with Gasteiger partial charge in [-0.25, -0.2) is 0 Å². The van der Waals surface area contributed by atoms with Gasteiger partial charge in [-0.2, -0.15) is 0 Å². The molecule has 0 aliphatic heterocycles. The minimum absolute atomic E-state index is 0.154. The molecule has 0 aliphatic carbocycles. The number of nitrogens with one attached hydrogen (secondary N) is 1. The van der Waals surface area contributed by atoms with E-state index in [2.05, 4.69) is 5.32 Å². The Hall–Kier alpha value is -1.55. The lowest BCUT2D eigenvalue weighted by atomic mass is 9.99. The van der Waals surface area contributed by atoms with Gasteiger partial charge in [0, 0.05) is 0 Å². The summed E-state index contributed by atoms with van der Waals surface area (Å²) in [4.78, 5) is 12.1. The average molecular weight is 264 g/mol. The molecule has 3 N–H and O–H groups in total. The van der Waals surface area contributed by atoms with E-state index < -0.39 is 6.04 Å². The van der Waals surface area contributed by atoms with Crippen molar-refractivity contribution in [3.63, 3.8) is 0 Å². The van der Waals surface area contributed by atoms with Crippen LogP contribution in [-0.4, -0.2) is 18.6 Å². The van der Waals surface area contributed by atoms with Crippen LogP contribution in [-0.2, 0) is 4.79 Å². The fourth-order valence-electron chi connectivity index (χ4n) is 1.74. The van der Waals surface area contributed by atoms with Crippen molar-refractivity contribution in [2.24, 2.45) is 11.7 Å². The normalized spacial score (nSPS) is 13.7. The van der Waals surface area contributed by atoms with Gasteiger partial charge in [0.2, 0.25) is 5.91 Å².